The molecule has 0 aromatic carbocycles. The van der Waals surface area contributed by atoms with Gasteiger partial charge >= 0.3 is 25.7 Å². The highest BCUT2D eigenvalue weighted by molar-refractivity contribution is 7.46. The zero-order valence-corrected chi connectivity index (χ0v) is 33.3. The summed E-state index contributed by atoms with van der Waals surface area (Å²) in [5, 5.41) is 47.9. The number of aldehydes is 2. The highest BCUT2D eigenvalue weighted by Gasteiger charge is 2.35. The summed E-state index contributed by atoms with van der Waals surface area (Å²) in [6.07, 6.45) is -2.11. The summed E-state index contributed by atoms with van der Waals surface area (Å²) < 4.78 is 15.7. The van der Waals surface area contributed by atoms with Gasteiger partial charge in [0.1, 0.15) is 42.8 Å². The molecular weight excluding hydrogens is 819 g/mol. The molecule has 16 N–H and O–H groups in total. The van der Waals surface area contributed by atoms with Crippen molar-refractivity contribution in [3.63, 3.8) is 0 Å². The summed E-state index contributed by atoms with van der Waals surface area (Å²) in [5.74, 6) is -11.7. The monoisotopic (exact) mass is 872 g/mol. The van der Waals surface area contributed by atoms with Gasteiger partial charge in [0.05, 0.1) is 44.2 Å². The highest BCUT2D eigenvalue weighted by Crippen LogP contribution is 2.35. The zero-order valence-electron chi connectivity index (χ0n) is 32.4. The molecule has 0 saturated carbocycles. The molecule has 0 heterocycles. The molecule has 6 amide bonds. The van der Waals surface area contributed by atoms with Gasteiger partial charge < -0.3 is 83.2 Å². The van der Waals surface area contributed by atoms with Crippen LogP contribution in [0.1, 0.15) is 59.8 Å². The van der Waals surface area contributed by atoms with Crippen LogP contribution in [0, 0.1) is 5.92 Å². The molecular formula is C31H53N8O19P. The minimum absolute atomic E-state index is 0.0246. The Bertz CT molecular complexity index is 1540. The molecule has 0 aliphatic carbocycles. The second kappa shape index (κ2) is 28.1. The van der Waals surface area contributed by atoms with Gasteiger partial charge in [-0.3, -0.25) is 47.7 Å². The van der Waals surface area contributed by atoms with E-state index in [1.165, 1.54) is 6.92 Å². The molecule has 8 atom stereocenters. The van der Waals surface area contributed by atoms with Crippen LogP contribution in [0.2, 0.25) is 0 Å². The Labute approximate surface area is 336 Å². The summed E-state index contributed by atoms with van der Waals surface area (Å²) in [4.78, 5) is 150. The number of amides is 6. The Balaban J connectivity index is 0. The lowest BCUT2D eigenvalue weighted by Crippen LogP contribution is -2.60. The van der Waals surface area contributed by atoms with Crippen molar-refractivity contribution in [3.8, 4) is 0 Å². The predicted octanol–water partition coefficient (Wildman–Crippen LogP) is -6.06. The SMILES string of the molecule is CC(C)C[C@H](NC(=O)[C@@H](N)CCC(=O)O)C(=O)N[C@@H](C)C(=O)N[C@@H](COP(=O)(O)O)C(=O)N[C@@H](CC(=O)O)C(=O)N[C@@H](CC(=O)O)C(=O)N[C@@H](C)C=O.N[C@H](C=O)CO. The molecule has 27 nitrogen and oxygen atoms in total. The van der Waals surface area contributed by atoms with Crippen LogP contribution in [0.15, 0.2) is 0 Å². The van der Waals surface area contributed by atoms with Gasteiger partial charge in [0.2, 0.25) is 35.4 Å². The second-order valence-corrected chi connectivity index (χ2v) is 14.3. The number of aliphatic carboxylic acids is 3. The van der Waals surface area contributed by atoms with E-state index in [2.05, 4.69) is 20.5 Å². The van der Waals surface area contributed by atoms with E-state index >= 15 is 0 Å². The van der Waals surface area contributed by atoms with E-state index in [0.717, 1.165) is 6.92 Å². The maximum atomic E-state index is 13.2. The Hall–Kier alpha value is -5.44. The minimum Gasteiger partial charge on any atom is -0.481 e. The molecule has 59 heavy (non-hydrogen) atoms. The maximum absolute atomic E-state index is 13.2. The molecule has 0 unspecified atom stereocenters. The van der Waals surface area contributed by atoms with Gasteiger partial charge in [-0.1, -0.05) is 13.8 Å². The Morgan fingerprint density at radius 2 is 1.07 bits per heavy atom. The number of hydrogen-bond acceptors (Lipinski definition) is 16. The van der Waals surface area contributed by atoms with E-state index < -0.39 is 135 Å². The standard InChI is InChI=1S/C28H46N7O17P.C3H7NO2/c1-12(2)7-16(32-24(44)15(29)5-6-20(37)38)26(46)31-14(4)23(43)35-19(11-52-53(49,50)51)28(48)34-18(9-22(41)42)27(47)33-17(8-21(39)40)25(45)30-13(3)10-36;4-3(1-5)2-6/h10,12-19H,5-9,11,29H2,1-4H3,(H,30,45)(H,31,46)(H,32,44)(H,33,47)(H,34,48)(H,35,43)(H,37,38)(H,39,40)(H,41,42)(H2,49,50,51);1,3,6H,2,4H2/t13-,14-,15-,16-,17-,18-,19-;3-/m01/s1. The van der Waals surface area contributed by atoms with Gasteiger partial charge in [0.15, 0.2) is 0 Å². The van der Waals surface area contributed by atoms with Crippen molar-refractivity contribution in [1.29, 1.82) is 0 Å². The first-order chi connectivity index (χ1) is 27.2. The second-order valence-electron chi connectivity index (χ2n) is 13.0. The summed E-state index contributed by atoms with van der Waals surface area (Å²) in [6, 6.07) is -12.0. The van der Waals surface area contributed by atoms with Crippen LogP contribution in [-0.2, 0) is 61.8 Å². The summed E-state index contributed by atoms with van der Waals surface area (Å²) in [5.41, 5.74) is 10.6. The van der Waals surface area contributed by atoms with E-state index in [9.17, 15) is 72.2 Å². The van der Waals surface area contributed by atoms with Crippen molar-refractivity contribution in [2.75, 3.05) is 13.2 Å². The molecule has 28 heteroatoms. The maximum Gasteiger partial charge on any atom is 0.469 e. The molecule has 336 valence electrons. The van der Waals surface area contributed by atoms with E-state index in [4.69, 9.17) is 26.8 Å². The first-order valence-electron chi connectivity index (χ1n) is 17.4. The Kier molecular flexibility index (Phi) is 26.5. The summed E-state index contributed by atoms with van der Waals surface area (Å²) in [6.45, 7) is 4.19. The van der Waals surface area contributed by atoms with Crippen molar-refractivity contribution in [3.05, 3.63) is 0 Å². The van der Waals surface area contributed by atoms with Crippen LogP contribution >= 0.6 is 7.82 Å². The number of carboxylic acid groups (broad SMARTS) is 3. The Morgan fingerprint density at radius 3 is 1.46 bits per heavy atom. The van der Waals surface area contributed by atoms with E-state index in [1.54, 1.807) is 13.8 Å². The third-order valence-corrected chi connectivity index (χ3v) is 7.61. The summed E-state index contributed by atoms with van der Waals surface area (Å²) >= 11 is 0. The quantitative estimate of drug-likeness (QED) is 0.0270. The average Bonchev–Trinajstić information content (AvgIpc) is 3.12. The number of aliphatic hydroxyl groups excluding tert-OH is 1. The lowest BCUT2D eigenvalue weighted by atomic mass is 10.0. The molecule has 0 saturated heterocycles. The molecule has 0 aliphatic rings. The largest absolute Gasteiger partial charge is 0.481 e. The van der Waals surface area contributed by atoms with Crippen LogP contribution in [-0.4, -0.2) is 158 Å². The lowest BCUT2D eigenvalue weighted by Gasteiger charge is -2.26. The number of hydrogen-bond donors (Lipinski definition) is 14. The molecule has 0 radical (unpaired) electrons. The topological polar surface area (TPSA) is 460 Å². The predicted molar refractivity (Wildman–Crippen MR) is 197 cm³/mol. The van der Waals surface area contributed by atoms with Crippen molar-refractivity contribution in [2.24, 2.45) is 17.4 Å². The van der Waals surface area contributed by atoms with Crippen molar-refractivity contribution < 1.29 is 92.0 Å². The molecule has 0 bridgehead atoms. The normalized spacial score (nSPS) is 15.0. The fourth-order valence-corrected chi connectivity index (χ4v) is 4.48. The molecule has 0 aromatic heterocycles. The molecule has 0 spiro atoms. The number of rotatable bonds is 27. The van der Waals surface area contributed by atoms with Crippen molar-refractivity contribution in [1.82, 2.24) is 31.9 Å². The average molecular weight is 873 g/mol. The molecule has 0 rings (SSSR count). The van der Waals surface area contributed by atoms with Gasteiger partial charge in [-0.05, 0) is 32.6 Å². The third kappa shape index (κ3) is 26.2. The third-order valence-electron chi connectivity index (χ3n) is 7.12. The van der Waals surface area contributed by atoms with E-state index in [1.807, 2.05) is 16.0 Å². The van der Waals surface area contributed by atoms with Crippen LogP contribution in [0.4, 0.5) is 0 Å². The van der Waals surface area contributed by atoms with Crippen LogP contribution in [0.25, 0.3) is 0 Å². The number of phosphoric ester groups is 1. The van der Waals surface area contributed by atoms with Crippen molar-refractivity contribution in [2.45, 2.75) is 108 Å². The minimum atomic E-state index is -5.32. The number of phosphoric acid groups is 1. The van der Waals surface area contributed by atoms with Gasteiger partial charge in [-0.15, -0.1) is 0 Å². The Morgan fingerprint density at radius 1 is 0.627 bits per heavy atom. The van der Waals surface area contributed by atoms with Crippen LogP contribution < -0.4 is 43.4 Å². The number of carbonyl (C=O) groups is 11. The molecule has 0 fully saturated rings. The fraction of sp³-hybridized carbons (Fsp3) is 0.645. The first kappa shape index (κ1) is 55.7. The first-order valence-corrected chi connectivity index (χ1v) is 18.9. The number of nitrogens with two attached hydrogens (primary N) is 2. The zero-order chi connectivity index (χ0) is 46.2. The van der Waals surface area contributed by atoms with Gasteiger partial charge in [-0.25, -0.2) is 4.57 Å². The molecule has 0 aliphatic heterocycles. The lowest BCUT2D eigenvalue weighted by molar-refractivity contribution is -0.143. The van der Waals surface area contributed by atoms with E-state index in [-0.39, 0.29) is 31.7 Å². The molecule has 0 aromatic rings. The van der Waals surface area contributed by atoms with E-state index in [0.29, 0.717) is 6.29 Å². The van der Waals surface area contributed by atoms with Crippen LogP contribution in [0.3, 0.4) is 0 Å². The fourth-order valence-electron chi connectivity index (χ4n) is 4.14. The van der Waals surface area contributed by atoms with Gasteiger partial charge in [0, 0.05) is 6.42 Å². The number of carboxylic acids is 3. The number of nitrogens with one attached hydrogen (secondary N) is 6. The number of carbonyl (C=O) groups excluding carboxylic acids is 8. The van der Waals surface area contributed by atoms with Crippen molar-refractivity contribution >= 4 is 73.7 Å². The number of aliphatic hydroxyl groups is 1. The van der Waals surface area contributed by atoms with Crippen LogP contribution in [0.5, 0.6) is 0 Å². The smallest absolute Gasteiger partial charge is 0.469 e. The van der Waals surface area contributed by atoms with Gasteiger partial charge in [-0.2, -0.15) is 0 Å². The summed E-state index contributed by atoms with van der Waals surface area (Å²) in [7, 11) is -5.32. The highest BCUT2D eigenvalue weighted by atomic mass is 31.2. The van der Waals surface area contributed by atoms with Gasteiger partial charge in [0.25, 0.3) is 0 Å².